The summed E-state index contributed by atoms with van der Waals surface area (Å²) in [6, 6.07) is 4.53. The summed E-state index contributed by atoms with van der Waals surface area (Å²) in [5.41, 5.74) is 0.779. The number of benzene rings is 1. The SMILES string of the molecule is O=C(O)C1CNC(c2ccc(C(F)F)c(Br)c2)C1. The molecule has 3 nitrogen and oxygen atoms in total. The highest BCUT2D eigenvalue weighted by Gasteiger charge is 2.30. The molecule has 6 heteroatoms. The van der Waals surface area contributed by atoms with Crippen LogP contribution in [0.15, 0.2) is 22.7 Å². The Bertz CT molecular complexity index is 467. The molecule has 2 rings (SSSR count). The highest BCUT2D eigenvalue weighted by molar-refractivity contribution is 9.10. The number of aliphatic carboxylic acids is 1. The molecule has 0 radical (unpaired) electrons. The van der Waals surface area contributed by atoms with Crippen molar-refractivity contribution < 1.29 is 18.7 Å². The fourth-order valence-electron chi connectivity index (χ4n) is 2.11. The Morgan fingerprint density at radius 3 is 2.72 bits per heavy atom. The van der Waals surface area contributed by atoms with Crippen molar-refractivity contribution >= 4 is 21.9 Å². The Kier molecular flexibility index (Phi) is 3.97. The minimum atomic E-state index is -2.52. The van der Waals surface area contributed by atoms with E-state index < -0.39 is 18.3 Å². The number of hydrogen-bond donors (Lipinski definition) is 2. The number of carboxylic acids is 1. The molecule has 2 unspecified atom stereocenters. The zero-order valence-electron chi connectivity index (χ0n) is 9.37. The second kappa shape index (κ2) is 5.32. The lowest BCUT2D eigenvalue weighted by atomic mass is 9.99. The molecule has 1 aliphatic heterocycles. The normalized spacial score (nSPS) is 23.6. The lowest BCUT2D eigenvalue weighted by Crippen LogP contribution is -2.17. The summed E-state index contributed by atoms with van der Waals surface area (Å²) < 4.78 is 25.5. The first-order valence-corrected chi connectivity index (χ1v) is 6.32. The molecule has 1 aromatic rings. The summed E-state index contributed by atoms with van der Waals surface area (Å²) in [7, 11) is 0. The molecule has 2 atom stereocenters. The number of rotatable bonds is 3. The molecule has 0 aliphatic carbocycles. The van der Waals surface area contributed by atoms with Crippen molar-refractivity contribution in [1.82, 2.24) is 5.32 Å². The standard InChI is InChI=1S/C12H12BrF2NO2/c13-9-3-6(1-2-8(9)11(14)15)10-4-7(5-16-10)12(17)18/h1-3,7,10-11,16H,4-5H2,(H,17,18). The van der Waals surface area contributed by atoms with E-state index >= 15 is 0 Å². The maximum Gasteiger partial charge on any atom is 0.307 e. The third-order valence-electron chi connectivity index (χ3n) is 3.14. The van der Waals surface area contributed by atoms with E-state index in [2.05, 4.69) is 21.2 Å². The lowest BCUT2D eigenvalue weighted by molar-refractivity contribution is -0.141. The summed E-state index contributed by atoms with van der Waals surface area (Å²) in [6.45, 7) is 0.411. The van der Waals surface area contributed by atoms with Gasteiger partial charge in [-0.1, -0.05) is 28.1 Å². The summed E-state index contributed by atoms with van der Waals surface area (Å²) in [6.07, 6.45) is -2.03. The van der Waals surface area contributed by atoms with Gasteiger partial charge in [0.2, 0.25) is 0 Å². The quantitative estimate of drug-likeness (QED) is 0.900. The highest BCUT2D eigenvalue weighted by Crippen LogP contribution is 2.33. The van der Waals surface area contributed by atoms with Crippen LogP contribution >= 0.6 is 15.9 Å². The summed E-state index contributed by atoms with van der Waals surface area (Å²) in [5.74, 6) is -1.24. The van der Waals surface area contributed by atoms with Crippen molar-refractivity contribution in [3.63, 3.8) is 0 Å². The second-order valence-electron chi connectivity index (χ2n) is 4.31. The van der Waals surface area contributed by atoms with Gasteiger partial charge in [0.25, 0.3) is 6.43 Å². The van der Waals surface area contributed by atoms with E-state index in [1.165, 1.54) is 6.07 Å². The van der Waals surface area contributed by atoms with Crippen molar-refractivity contribution in [2.45, 2.75) is 18.9 Å². The molecule has 1 aromatic carbocycles. The van der Waals surface area contributed by atoms with Crippen molar-refractivity contribution in [2.75, 3.05) is 6.54 Å². The van der Waals surface area contributed by atoms with E-state index in [0.717, 1.165) is 5.56 Å². The largest absolute Gasteiger partial charge is 0.481 e. The minimum Gasteiger partial charge on any atom is -0.481 e. The summed E-state index contributed by atoms with van der Waals surface area (Å²) in [4.78, 5) is 10.8. The van der Waals surface area contributed by atoms with Gasteiger partial charge in [-0.05, 0) is 18.1 Å². The number of halogens is 3. The Morgan fingerprint density at radius 1 is 1.50 bits per heavy atom. The van der Waals surface area contributed by atoms with E-state index in [-0.39, 0.29) is 11.6 Å². The van der Waals surface area contributed by atoms with E-state index in [4.69, 9.17) is 5.11 Å². The van der Waals surface area contributed by atoms with E-state index in [9.17, 15) is 13.6 Å². The molecule has 1 saturated heterocycles. The predicted molar refractivity (Wildman–Crippen MR) is 65.6 cm³/mol. The van der Waals surface area contributed by atoms with Gasteiger partial charge in [0, 0.05) is 22.6 Å². The number of carbonyl (C=O) groups is 1. The number of alkyl halides is 2. The minimum absolute atomic E-state index is 0.0495. The lowest BCUT2D eigenvalue weighted by Gasteiger charge is -2.12. The van der Waals surface area contributed by atoms with Crippen LogP contribution < -0.4 is 5.32 Å². The maximum atomic E-state index is 12.6. The van der Waals surface area contributed by atoms with Crippen molar-refractivity contribution in [1.29, 1.82) is 0 Å². The molecule has 1 heterocycles. The van der Waals surface area contributed by atoms with Crippen LogP contribution in [0.5, 0.6) is 0 Å². The Labute approximate surface area is 111 Å². The molecule has 1 aliphatic rings. The van der Waals surface area contributed by atoms with Gasteiger partial charge in [-0.2, -0.15) is 0 Å². The molecule has 18 heavy (non-hydrogen) atoms. The van der Waals surface area contributed by atoms with Crippen LogP contribution in [0.4, 0.5) is 8.78 Å². The highest BCUT2D eigenvalue weighted by atomic mass is 79.9. The van der Waals surface area contributed by atoms with E-state index in [1.807, 2.05) is 0 Å². The van der Waals surface area contributed by atoms with Crippen LogP contribution in [0, 0.1) is 5.92 Å². The second-order valence-corrected chi connectivity index (χ2v) is 5.17. The first-order valence-electron chi connectivity index (χ1n) is 5.52. The van der Waals surface area contributed by atoms with Crippen LogP contribution in [0.2, 0.25) is 0 Å². The molecule has 0 spiro atoms. The Balaban J connectivity index is 2.16. The van der Waals surface area contributed by atoms with Crippen LogP contribution in [-0.2, 0) is 4.79 Å². The number of hydrogen-bond acceptors (Lipinski definition) is 2. The van der Waals surface area contributed by atoms with Crippen molar-refractivity contribution in [3.8, 4) is 0 Å². The molecule has 0 saturated carbocycles. The summed E-state index contributed by atoms with van der Waals surface area (Å²) in [5, 5.41) is 12.0. The zero-order valence-corrected chi connectivity index (χ0v) is 11.0. The van der Waals surface area contributed by atoms with Crippen LogP contribution in [-0.4, -0.2) is 17.6 Å². The molecule has 0 aromatic heterocycles. The molecule has 98 valence electrons. The van der Waals surface area contributed by atoms with Gasteiger partial charge in [0.1, 0.15) is 0 Å². The first-order chi connectivity index (χ1) is 8.49. The first kappa shape index (κ1) is 13.4. The molecular weight excluding hydrogens is 308 g/mol. The molecule has 0 amide bonds. The molecule has 1 fully saturated rings. The van der Waals surface area contributed by atoms with Gasteiger partial charge in [-0.25, -0.2) is 8.78 Å². The van der Waals surface area contributed by atoms with Crippen molar-refractivity contribution in [3.05, 3.63) is 33.8 Å². The van der Waals surface area contributed by atoms with Gasteiger partial charge >= 0.3 is 5.97 Å². The smallest absolute Gasteiger partial charge is 0.307 e. The fourth-order valence-corrected chi connectivity index (χ4v) is 2.68. The average molecular weight is 320 g/mol. The van der Waals surface area contributed by atoms with Crippen LogP contribution in [0.3, 0.4) is 0 Å². The third kappa shape index (κ3) is 2.70. The monoisotopic (exact) mass is 319 g/mol. The molecular formula is C12H12BrF2NO2. The fraction of sp³-hybridized carbons (Fsp3) is 0.417. The Hall–Kier alpha value is -1.01. The van der Waals surface area contributed by atoms with Gasteiger partial charge in [0.05, 0.1) is 5.92 Å². The van der Waals surface area contributed by atoms with Crippen LogP contribution in [0.1, 0.15) is 30.0 Å². The Morgan fingerprint density at radius 2 is 2.22 bits per heavy atom. The maximum absolute atomic E-state index is 12.6. The van der Waals surface area contributed by atoms with E-state index in [0.29, 0.717) is 17.4 Å². The molecule has 2 N–H and O–H groups in total. The van der Waals surface area contributed by atoms with Gasteiger partial charge < -0.3 is 10.4 Å². The van der Waals surface area contributed by atoms with Crippen LogP contribution in [0.25, 0.3) is 0 Å². The zero-order chi connectivity index (χ0) is 13.3. The van der Waals surface area contributed by atoms with Gasteiger partial charge in [-0.3, -0.25) is 4.79 Å². The topological polar surface area (TPSA) is 49.3 Å². The van der Waals surface area contributed by atoms with Gasteiger partial charge in [-0.15, -0.1) is 0 Å². The predicted octanol–water partition coefficient (Wildman–Crippen LogP) is 3.12. The van der Waals surface area contributed by atoms with Crippen molar-refractivity contribution in [2.24, 2.45) is 5.92 Å². The van der Waals surface area contributed by atoms with Gasteiger partial charge in [0.15, 0.2) is 0 Å². The summed E-state index contributed by atoms with van der Waals surface area (Å²) >= 11 is 3.11. The third-order valence-corrected chi connectivity index (χ3v) is 3.83. The van der Waals surface area contributed by atoms with E-state index in [1.54, 1.807) is 12.1 Å². The molecule has 0 bridgehead atoms. The average Bonchev–Trinajstić information content (AvgIpc) is 2.77. The number of carboxylic acid groups (broad SMARTS) is 1. The number of nitrogens with one attached hydrogen (secondary N) is 1.